The summed E-state index contributed by atoms with van der Waals surface area (Å²) in [6.07, 6.45) is 3.13. The number of hydrogen-bond acceptors (Lipinski definition) is 3. The van der Waals surface area contributed by atoms with Crippen molar-refractivity contribution in [1.29, 1.82) is 0 Å². The van der Waals surface area contributed by atoms with Crippen LogP contribution in [-0.2, 0) is 4.79 Å². The van der Waals surface area contributed by atoms with Gasteiger partial charge in [-0.05, 0) is 53.4 Å². The van der Waals surface area contributed by atoms with Crippen molar-refractivity contribution in [3.63, 3.8) is 0 Å². The molecule has 0 aromatic heterocycles. The molecule has 0 bridgehead atoms. The molecule has 1 atom stereocenters. The van der Waals surface area contributed by atoms with Gasteiger partial charge in [-0.25, -0.2) is 0 Å². The summed E-state index contributed by atoms with van der Waals surface area (Å²) in [6, 6.07) is 0.511. The Hall–Kier alpha value is -0.610. The molecule has 0 aromatic rings. The Morgan fingerprint density at radius 2 is 2.07 bits per heavy atom. The lowest BCUT2D eigenvalue weighted by Crippen LogP contribution is -2.30. The van der Waals surface area contributed by atoms with Gasteiger partial charge in [0.25, 0.3) is 0 Å². The molecule has 0 saturated carbocycles. The van der Waals surface area contributed by atoms with Gasteiger partial charge in [0.15, 0.2) is 0 Å². The van der Waals surface area contributed by atoms with Crippen molar-refractivity contribution in [2.24, 2.45) is 0 Å². The molecule has 0 radical (unpaired) electrons. The third-order valence-electron chi connectivity index (χ3n) is 2.32. The van der Waals surface area contributed by atoms with E-state index >= 15 is 0 Å². The summed E-state index contributed by atoms with van der Waals surface area (Å²) < 4.78 is 0. The summed E-state index contributed by atoms with van der Waals surface area (Å²) in [6.45, 7) is 4.17. The van der Waals surface area contributed by atoms with E-state index in [2.05, 4.69) is 31.2 Å². The summed E-state index contributed by atoms with van der Waals surface area (Å²) in [5.41, 5.74) is 0. The van der Waals surface area contributed by atoms with Gasteiger partial charge in [-0.15, -0.1) is 0 Å². The van der Waals surface area contributed by atoms with E-state index < -0.39 is 5.97 Å². The van der Waals surface area contributed by atoms with Crippen molar-refractivity contribution < 1.29 is 9.90 Å². The van der Waals surface area contributed by atoms with Crippen molar-refractivity contribution in [3.05, 3.63) is 0 Å². The van der Waals surface area contributed by atoms with Gasteiger partial charge in [0.05, 0.1) is 0 Å². The molecule has 4 nitrogen and oxygen atoms in total. The molecule has 0 saturated heterocycles. The minimum atomic E-state index is -0.698. The molecule has 4 heteroatoms. The zero-order valence-corrected chi connectivity index (χ0v) is 10.1. The number of nitrogens with one attached hydrogen (secondary N) is 1. The third-order valence-corrected chi connectivity index (χ3v) is 2.32. The third kappa shape index (κ3) is 11.3. The van der Waals surface area contributed by atoms with Crippen LogP contribution in [0.2, 0.25) is 0 Å². The summed E-state index contributed by atoms with van der Waals surface area (Å²) in [7, 11) is 4.14. The first-order valence-corrected chi connectivity index (χ1v) is 5.62. The zero-order chi connectivity index (χ0) is 11.7. The van der Waals surface area contributed by atoms with E-state index in [0.717, 1.165) is 32.4 Å². The van der Waals surface area contributed by atoms with E-state index in [1.807, 2.05) is 0 Å². The molecule has 0 spiro atoms. The molecule has 2 N–H and O–H groups in total. The molecular weight excluding hydrogens is 192 g/mol. The number of aliphatic carboxylic acids is 1. The Kier molecular flexibility index (Phi) is 8.33. The molecule has 1 unspecified atom stereocenters. The van der Waals surface area contributed by atoms with Crippen LogP contribution in [0.4, 0.5) is 0 Å². The monoisotopic (exact) mass is 216 g/mol. The predicted octanol–water partition coefficient (Wildman–Crippen LogP) is 1.17. The van der Waals surface area contributed by atoms with Gasteiger partial charge in [0, 0.05) is 12.5 Å². The van der Waals surface area contributed by atoms with E-state index in [9.17, 15) is 4.79 Å². The van der Waals surface area contributed by atoms with E-state index in [1.54, 1.807) is 0 Å². The highest BCUT2D eigenvalue weighted by atomic mass is 16.4. The first kappa shape index (κ1) is 14.4. The maximum Gasteiger partial charge on any atom is 0.303 e. The molecule has 0 aliphatic rings. The fourth-order valence-corrected chi connectivity index (χ4v) is 1.30. The Morgan fingerprint density at radius 1 is 1.40 bits per heavy atom. The van der Waals surface area contributed by atoms with Crippen molar-refractivity contribution in [3.8, 4) is 0 Å². The van der Waals surface area contributed by atoms with Crippen molar-refractivity contribution in [2.45, 2.75) is 38.6 Å². The second-order valence-electron chi connectivity index (χ2n) is 4.30. The predicted molar refractivity (Wildman–Crippen MR) is 62.1 cm³/mol. The summed E-state index contributed by atoms with van der Waals surface area (Å²) in [4.78, 5) is 12.4. The molecule has 0 amide bonds. The van der Waals surface area contributed by atoms with Gasteiger partial charge < -0.3 is 15.3 Å². The Morgan fingerprint density at radius 3 is 2.60 bits per heavy atom. The number of carboxylic acid groups (broad SMARTS) is 1. The van der Waals surface area contributed by atoms with Crippen LogP contribution in [0.1, 0.15) is 32.6 Å². The van der Waals surface area contributed by atoms with E-state index in [4.69, 9.17) is 5.11 Å². The number of carboxylic acids is 1. The van der Waals surface area contributed by atoms with Gasteiger partial charge in [0.2, 0.25) is 0 Å². The highest BCUT2D eigenvalue weighted by Crippen LogP contribution is 1.96. The van der Waals surface area contributed by atoms with E-state index in [-0.39, 0.29) is 6.42 Å². The number of hydrogen-bond donors (Lipinski definition) is 2. The van der Waals surface area contributed by atoms with Crippen LogP contribution in [-0.4, -0.2) is 49.2 Å². The maximum absolute atomic E-state index is 10.2. The molecule has 0 aliphatic carbocycles. The van der Waals surface area contributed by atoms with Crippen molar-refractivity contribution in [2.75, 3.05) is 27.2 Å². The van der Waals surface area contributed by atoms with Gasteiger partial charge in [-0.1, -0.05) is 0 Å². The maximum atomic E-state index is 10.2. The normalized spacial score (nSPS) is 13.1. The summed E-state index contributed by atoms with van der Waals surface area (Å²) >= 11 is 0. The molecule has 0 aromatic carbocycles. The van der Waals surface area contributed by atoms with Gasteiger partial charge in [-0.3, -0.25) is 4.79 Å². The first-order valence-electron chi connectivity index (χ1n) is 5.62. The smallest absolute Gasteiger partial charge is 0.303 e. The molecule has 15 heavy (non-hydrogen) atoms. The minimum Gasteiger partial charge on any atom is -0.481 e. The van der Waals surface area contributed by atoms with E-state index in [1.165, 1.54) is 0 Å². The Labute approximate surface area is 92.7 Å². The van der Waals surface area contributed by atoms with Crippen molar-refractivity contribution in [1.82, 2.24) is 10.2 Å². The topological polar surface area (TPSA) is 52.6 Å². The highest BCUT2D eigenvalue weighted by Gasteiger charge is 2.02. The van der Waals surface area contributed by atoms with Crippen LogP contribution >= 0.6 is 0 Å². The SMILES string of the molecule is CC(CCN(C)C)NCCCCC(=O)O. The molecule has 90 valence electrons. The quantitative estimate of drug-likeness (QED) is 0.568. The zero-order valence-electron chi connectivity index (χ0n) is 10.1. The van der Waals surface area contributed by atoms with Crippen LogP contribution in [0.15, 0.2) is 0 Å². The summed E-state index contributed by atoms with van der Waals surface area (Å²) in [5.74, 6) is -0.698. The molecule has 0 aliphatic heterocycles. The largest absolute Gasteiger partial charge is 0.481 e. The number of unbranched alkanes of at least 4 members (excludes halogenated alkanes) is 1. The molecule has 0 rings (SSSR count). The molecular formula is C11H24N2O2. The average Bonchev–Trinajstić information content (AvgIpc) is 2.13. The second kappa shape index (κ2) is 8.68. The summed E-state index contributed by atoms with van der Waals surface area (Å²) in [5, 5.41) is 11.8. The molecule has 0 fully saturated rings. The van der Waals surface area contributed by atoms with Crippen LogP contribution in [0.25, 0.3) is 0 Å². The highest BCUT2D eigenvalue weighted by molar-refractivity contribution is 5.66. The van der Waals surface area contributed by atoms with Gasteiger partial charge >= 0.3 is 5.97 Å². The fraction of sp³-hybridized carbons (Fsp3) is 0.909. The lowest BCUT2D eigenvalue weighted by atomic mass is 10.2. The lowest BCUT2D eigenvalue weighted by Gasteiger charge is -2.16. The van der Waals surface area contributed by atoms with Crippen LogP contribution < -0.4 is 5.32 Å². The van der Waals surface area contributed by atoms with E-state index in [0.29, 0.717) is 6.04 Å². The van der Waals surface area contributed by atoms with Crippen LogP contribution in [0.3, 0.4) is 0 Å². The standard InChI is InChI=1S/C11H24N2O2/c1-10(7-9-13(2)3)12-8-5-4-6-11(14)15/h10,12H,4-9H2,1-3H3,(H,14,15). The lowest BCUT2D eigenvalue weighted by molar-refractivity contribution is -0.137. The van der Waals surface area contributed by atoms with Crippen molar-refractivity contribution >= 4 is 5.97 Å². The fourth-order valence-electron chi connectivity index (χ4n) is 1.30. The van der Waals surface area contributed by atoms with Gasteiger partial charge in [-0.2, -0.15) is 0 Å². The van der Waals surface area contributed by atoms with Crippen LogP contribution in [0.5, 0.6) is 0 Å². The number of nitrogens with zero attached hydrogens (tertiary/aromatic N) is 1. The number of carbonyl (C=O) groups is 1. The average molecular weight is 216 g/mol. The second-order valence-corrected chi connectivity index (χ2v) is 4.30. The molecule has 0 heterocycles. The Bertz CT molecular complexity index is 172. The minimum absolute atomic E-state index is 0.285. The number of rotatable bonds is 9. The Balaban J connectivity index is 3.23. The van der Waals surface area contributed by atoms with Gasteiger partial charge in [0.1, 0.15) is 0 Å². The first-order chi connectivity index (χ1) is 7.02. The van der Waals surface area contributed by atoms with Crippen LogP contribution in [0, 0.1) is 0 Å².